The molecular formula is C10H14Na2O13S. The zero-order valence-corrected chi connectivity index (χ0v) is 12.4. The number of rotatable bonds is 10. The normalized spacial score (nSPS) is 11.9. The number of aliphatic carboxylic acids is 4. The summed E-state index contributed by atoms with van der Waals surface area (Å²) in [4.78, 5) is 54.9. The van der Waals surface area contributed by atoms with Crippen molar-refractivity contribution in [3.05, 3.63) is 0 Å². The Labute approximate surface area is 190 Å². The van der Waals surface area contributed by atoms with Gasteiger partial charge in [-0.15, -0.1) is 0 Å². The molecule has 0 saturated carbocycles. The Kier molecular flexibility index (Phi) is 13.7. The summed E-state index contributed by atoms with van der Waals surface area (Å²) >= 11 is 0. The summed E-state index contributed by atoms with van der Waals surface area (Å²) < 4.78 is 35.1. The first-order chi connectivity index (χ1) is 10.7. The number of carboxylic acid groups (broad SMARTS) is 4. The molecule has 0 radical (unpaired) electrons. The molecule has 0 aliphatic heterocycles. The molecule has 0 aliphatic rings. The monoisotopic (exact) mass is 420 g/mol. The number of carboxylic acids is 4. The second-order valence-electron chi connectivity index (χ2n) is 4.46. The van der Waals surface area contributed by atoms with Gasteiger partial charge in [0.15, 0.2) is 5.25 Å². The maximum atomic E-state index is 11.7. The third-order valence-corrected chi connectivity index (χ3v) is 3.62. The average Bonchev–Trinajstić information content (AvgIpc) is 2.31. The Morgan fingerprint density at radius 2 is 1.23 bits per heavy atom. The van der Waals surface area contributed by atoms with Crippen molar-refractivity contribution in [3.63, 3.8) is 0 Å². The number of ether oxygens (including phenoxy) is 1. The van der Waals surface area contributed by atoms with Gasteiger partial charge in [0.25, 0.3) is 10.1 Å². The fourth-order valence-corrected chi connectivity index (χ4v) is 2.19. The van der Waals surface area contributed by atoms with Crippen LogP contribution in [0.25, 0.3) is 0 Å². The summed E-state index contributed by atoms with van der Waals surface area (Å²) in [5.74, 6) is -10.0. The molecule has 0 bridgehead atoms. The molecule has 0 aliphatic carbocycles. The molecular weight excluding hydrogens is 406 g/mol. The van der Waals surface area contributed by atoms with Crippen LogP contribution in [-0.4, -0.2) is 133 Å². The molecule has 0 saturated heterocycles. The van der Waals surface area contributed by atoms with Crippen LogP contribution in [0.15, 0.2) is 0 Å². The van der Waals surface area contributed by atoms with Crippen molar-refractivity contribution in [3.8, 4) is 0 Å². The van der Waals surface area contributed by atoms with Crippen LogP contribution in [0.4, 0.5) is 0 Å². The van der Waals surface area contributed by atoms with E-state index in [1.807, 2.05) is 0 Å². The summed E-state index contributed by atoms with van der Waals surface area (Å²) in [6.07, 6.45) is -4.62. The van der Waals surface area contributed by atoms with Gasteiger partial charge in [0.2, 0.25) is 5.60 Å². The minimum atomic E-state index is -5.36. The number of carbonyl (C=O) groups is 5. The third kappa shape index (κ3) is 9.82. The van der Waals surface area contributed by atoms with Gasteiger partial charge in [-0.25, -0.2) is 4.79 Å². The van der Waals surface area contributed by atoms with E-state index in [0.29, 0.717) is 0 Å². The molecule has 1 atom stereocenters. The average molecular weight is 420 g/mol. The van der Waals surface area contributed by atoms with Gasteiger partial charge in [-0.05, 0) is 0 Å². The fourth-order valence-electron chi connectivity index (χ4n) is 1.55. The van der Waals surface area contributed by atoms with Crippen molar-refractivity contribution in [2.45, 2.75) is 30.1 Å². The topological polar surface area (TPSA) is 230 Å². The molecule has 140 valence electrons. The summed E-state index contributed by atoms with van der Waals surface area (Å²) in [6, 6.07) is 0. The number of hydrogen-bond donors (Lipinski definition) is 5. The van der Waals surface area contributed by atoms with E-state index in [0.717, 1.165) is 0 Å². The molecule has 0 aromatic rings. The van der Waals surface area contributed by atoms with Crippen molar-refractivity contribution in [1.29, 1.82) is 0 Å². The molecule has 26 heavy (non-hydrogen) atoms. The van der Waals surface area contributed by atoms with Crippen LogP contribution in [0, 0.1) is 0 Å². The van der Waals surface area contributed by atoms with Crippen LogP contribution in [0.5, 0.6) is 0 Å². The third-order valence-electron chi connectivity index (χ3n) is 2.54. The predicted octanol–water partition coefficient (Wildman–Crippen LogP) is -3.26. The van der Waals surface area contributed by atoms with E-state index in [1.54, 1.807) is 0 Å². The molecule has 1 unspecified atom stereocenters. The molecule has 0 aromatic heterocycles. The predicted molar refractivity (Wildman–Crippen MR) is 82.9 cm³/mol. The number of esters is 1. The molecule has 0 fully saturated rings. The summed E-state index contributed by atoms with van der Waals surface area (Å²) in [6.45, 7) is 0. The molecule has 0 amide bonds. The van der Waals surface area contributed by atoms with Gasteiger partial charge in [0, 0.05) is 0 Å². The fraction of sp³-hybridized carbons (Fsp3) is 0.500. The van der Waals surface area contributed by atoms with E-state index in [4.69, 9.17) is 25.0 Å². The zero-order chi connectivity index (χ0) is 19.3. The van der Waals surface area contributed by atoms with Gasteiger partial charge in [-0.1, -0.05) is 0 Å². The van der Waals surface area contributed by atoms with Crippen molar-refractivity contribution in [2.75, 3.05) is 0 Å². The molecule has 16 heteroatoms. The summed E-state index contributed by atoms with van der Waals surface area (Å²) in [7, 11) is -5.36. The first-order valence-electron chi connectivity index (χ1n) is 5.79. The summed E-state index contributed by atoms with van der Waals surface area (Å²) in [5, 5.41) is 32.1. The van der Waals surface area contributed by atoms with E-state index in [2.05, 4.69) is 4.74 Å². The standard InChI is InChI=1S/C10H12O13S.2Na.2H/c11-5(12)1-4(24(20,21)22)8(17)23-10(9(18)19,2-6(13)14)3-7(15)16;;;;/h4H,1-3H2,(H,11,12)(H,13,14)(H,15,16)(H,18,19)(H,20,21,22);;;;. The molecule has 0 heterocycles. The molecule has 0 aromatic carbocycles. The van der Waals surface area contributed by atoms with Gasteiger partial charge in [-0.3, -0.25) is 23.7 Å². The zero-order valence-electron chi connectivity index (χ0n) is 11.6. The maximum absolute atomic E-state index is 11.7. The first-order valence-corrected chi connectivity index (χ1v) is 7.29. The van der Waals surface area contributed by atoms with E-state index in [9.17, 15) is 32.4 Å². The second-order valence-corrected chi connectivity index (χ2v) is 6.06. The van der Waals surface area contributed by atoms with E-state index in [1.165, 1.54) is 0 Å². The van der Waals surface area contributed by atoms with Gasteiger partial charge >= 0.3 is 89.0 Å². The van der Waals surface area contributed by atoms with E-state index in [-0.39, 0.29) is 59.1 Å². The summed E-state index contributed by atoms with van der Waals surface area (Å²) in [5.41, 5.74) is -3.20. The van der Waals surface area contributed by atoms with Gasteiger partial charge in [0.1, 0.15) is 0 Å². The van der Waals surface area contributed by atoms with Crippen molar-refractivity contribution in [1.82, 2.24) is 0 Å². The van der Waals surface area contributed by atoms with E-state index < -0.39 is 70.1 Å². The second kappa shape index (κ2) is 11.9. The Morgan fingerprint density at radius 1 is 0.846 bits per heavy atom. The quantitative estimate of drug-likeness (QED) is 0.133. The Bertz CT molecular complexity index is 654. The SMILES string of the molecule is O=C(O)CC(C(=O)OC(CC(=O)O)(CC(=O)O)C(=O)O)S(=O)(=O)O.[NaH].[NaH]. The van der Waals surface area contributed by atoms with Crippen LogP contribution in [0.1, 0.15) is 19.3 Å². The first kappa shape index (κ1) is 30.0. The molecule has 0 rings (SSSR count). The Morgan fingerprint density at radius 3 is 1.46 bits per heavy atom. The van der Waals surface area contributed by atoms with Gasteiger partial charge < -0.3 is 25.2 Å². The van der Waals surface area contributed by atoms with Crippen LogP contribution >= 0.6 is 0 Å². The molecule has 0 spiro atoms. The number of carbonyl (C=O) groups excluding carboxylic acids is 1. The molecule has 5 N–H and O–H groups in total. The molecule has 13 nitrogen and oxygen atoms in total. The van der Waals surface area contributed by atoms with Crippen molar-refractivity contribution >= 4 is 99.1 Å². The Hall–Kier alpha value is -0.740. The van der Waals surface area contributed by atoms with Crippen molar-refractivity contribution in [2.24, 2.45) is 0 Å². The van der Waals surface area contributed by atoms with Crippen LogP contribution in [0.3, 0.4) is 0 Å². The van der Waals surface area contributed by atoms with Gasteiger partial charge in [0.05, 0.1) is 19.3 Å². The van der Waals surface area contributed by atoms with Crippen LogP contribution in [0.2, 0.25) is 0 Å². The Balaban J connectivity index is -0.00000264. The minimum absolute atomic E-state index is 0. The number of hydrogen-bond acceptors (Lipinski definition) is 8. The van der Waals surface area contributed by atoms with Crippen LogP contribution < -0.4 is 0 Å². The van der Waals surface area contributed by atoms with E-state index >= 15 is 0 Å². The van der Waals surface area contributed by atoms with Crippen LogP contribution in [-0.2, 0) is 38.8 Å². The van der Waals surface area contributed by atoms with Gasteiger partial charge in [-0.2, -0.15) is 8.42 Å². The van der Waals surface area contributed by atoms with Crippen molar-refractivity contribution < 1.29 is 62.1 Å².